The Hall–Kier alpha value is -1.69. The second-order valence-corrected chi connectivity index (χ2v) is 5.47. The maximum Gasteiger partial charge on any atom is 0.271 e. The summed E-state index contributed by atoms with van der Waals surface area (Å²) in [5.74, 6) is 0.267. The van der Waals surface area contributed by atoms with E-state index in [1.54, 1.807) is 26.0 Å². The van der Waals surface area contributed by atoms with E-state index < -0.39 is 11.1 Å². The molecule has 0 saturated heterocycles. The number of carbonyl (C=O) groups excluding carboxylic acids is 1. The van der Waals surface area contributed by atoms with Crippen molar-refractivity contribution in [1.82, 2.24) is 15.5 Å². The molecule has 6 heteroatoms. The van der Waals surface area contributed by atoms with E-state index in [1.807, 2.05) is 20.8 Å². The van der Waals surface area contributed by atoms with E-state index in [9.17, 15) is 9.90 Å². The molecule has 3 N–H and O–H groups in total. The molecular weight excluding hydrogens is 244 g/mol. The number of amides is 1. The van der Waals surface area contributed by atoms with Gasteiger partial charge in [0, 0.05) is 6.54 Å². The number of nitrogens with one attached hydrogen (secondary N) is 2. The molecule has 1 aromatic rings. The first-order valence-electron chi connectivity index (χ1n) is 6.30. The van der Waals surface area contributed by atoms with Gasteiger partial charge in [-0.15, -0.1) is 10.2 Å². The minimum absolute atomic E-state index is 0.247. The third-order valence-electron chi connectivity index (χ3n) is 3.20. The van der Waals surface area contributed by atoms with Crippen LogP contribution in [0.3, 0.4) is 0 Å². The van der Waals surface area contributed by atoms with Crippen LogP contribution in [-0.4, -0.2) is 38.9 Å². The highest BCUT2D eigenvalue weighted by atomic mass is 16.3. The normalized spacial score (nSPS) is 12.1. The van der Waals surface area contributed by atoms with Crippen molar-refractivity contribution in [1.29, 1.82) is 0 Å². The molecule has 0 spiro atoms. The molecule has 1 aromatic heterocycles. The topological polar surface area (TPSA) is 87.1 Å². The van der Waals surface area contributed by atoms with Gasteiger partial charge in [0.05, 0.1) is 11.1 Å². The summed E-state index contributed by atoms with van der Waals surface area (Å²) in [6.45, 7) is 9.56. The minimum Gasteiger partial charge on any atom is -0.388 e. The summed E-state index contributed by atoms with van der Waals surface area (Å²) in [6.07, 6.45) is 0. The van der Waals surface area contributed by atoms with Gasteiger partial charge in [0.15, 0.2) is 5.69 Å². The van der Waals surface area contributed by atoms with Crippen LogP contribution in [0.4, 0.5) is 5.82 Å². The zero-order valence-corrected chi connectivity index (χ0v) is 12.1. The van der Waals surface area contributed by atoms with Crippen LogP contribution in [0, 0.1) is 0 Å². The molecule has 0 aliphatic carbocycles. The van der Waals surface area contributed by atoms with Crippen molar-refractivity contribution in [2.75, 3.05) is 11.9 Å². The number of hydrogen-bond donors (Lipinski definition) is 3. The lowest BCUT2D eigenvalue weighted by Crippen LogP contribution is -2.51. The highest BCUT2D eigenvalue weighted by molar-refractivity contribution is 5.92. The van der Waals surface area contributed by atoms with Gasteiger partial charge in [0.25, 0.3) is 5.91 Å². The van der Waals surface area contributed by atoms with Crippen molar-refractivity contribution in [3.8, 4) is 0 Å². The van der Waals surface area contributed by atoms with Gasteiger partial charge in [-0.05, 0) is 46.8 Å². The van der Waals surface area contributed by atoms with Crippen LogP contribution in [-0.2, 0) is 0 Å². The smallest absolute Gasteiger partial charge is 0.271 e. The van der Waals surface area contributed by atoms with Crippen LogP contribution < -0.4 is 10.6 Å². The van der Waals surface area contributed by atoms with Gasteiger partial charge in [-0.3, -0.25) is 4.79 Å². The molecule has 1 heterocycles. The maximum atomic E-state index is 11.5. The lowest BCUT2D eigenvalue weighted by Gasteiger charge is -2.38. The molecular formula is C13H22N4O2. The Kier molecular flexibility index (Phi) is 4.47. The predicted octanol–water partition coefficient (Wildman–Crippen LogP) is 1.19. The minimum atomic E-state index is -0.924. The maximum absolute atomic E-state index is 11.5. The van der Waals surface area contributed by atoms with E-state index in [0.717, 1.165) is 0 Å². The SMILES string of the molecule is CCNC(=O)c1ccc(NC(C)(C)C(C)(C)O)nn1. The van der Waals surface area contributed by atoms with E-state index in [1.165, 1.54) is 0 Å². The van der Waals surface area contributed by atoms with E-state index >= 15 is 0 Å². The first kappa shape index (κ1) is 15.4. The van der Waals surface area contributed by atoms with Crippen molar-refractivity contribution in [3.05, 3.63) is 17.8 Å². The number of aliphatic hydroxyl groups is 1. The Morgan fingerprint density at radius 3 is 2.32 bits per heavy atom. The molecule has 1 amide bonds. The zero-order valence-electron chi connectivity index (χ0n) is 12.1. The van der Waals surface area contributed by atoms with Crippen LogP contribution in [0.5, 0.6) is 0 Å². The van der Waals surface area contributed by atoms with Gasteiger partial charge in [-0.25, -0.2) is 0 Å². The highest BCUT2D eigenvalue weighted by Crippen LogP contribution is 2.24. The van der Waals surface area contributed by atoms with Crippen molar-refractivity contribution < 1.29 is 9.90 Å². The second-order valence-electron chi connectivity index (χ2n) is 5.47. The van der Waals surface area contributed by atoms with Crippen LogP contribution in [0.15, 0.2) is 12.1 Å². The van der Waals surface area contributed by atoms with E-state index in [2.05, 4.69) is 20.8 Å². The summed E-state index contributed by atoms with van der Waals surface area (Å²) in [7, 11) is 0. The number of rotatable bonds is 5. The molecule has 0 aliphatic rings. The summed E-state index contributed by atoms with van der Waals surface area (Å²) < 4.78 is 0. The van der Waals surface area contributed by atoms with Gasteiger partial charge in [-0.1, -0.05) is 0 Å². The monoisotopic (exact) mass is 266 g/mol. The number of carbonyl (C=O) groups is 1. The van der Waals surface area contributed by atoms with Crippen LogP contribution in [0.1, 0.15) is 45.1 Å². The third kappa shape index (κ3) is 3.89. The molecule has 0 unspecified atom stereocenters. The van der Waals surface area contributed by atoms with Gasteiger partial charge in [0.2, 0.25) is 0 Å². The molecule has 0 radical (unpaired) electrons. The van der Waals surface area contributed by atoms with Crippen molar-refractivity contribution >= 4 is 11.7 Å². The average Bonchev–Trinajstić information content (AvgIpc) is 2.28. The zero-order chi connectivity index (χ0) is 14.7. The Morgan fingerprint density at radius 2 is 1.89 bits per heavy atom. The number of aromatic nitrogens is 2. The fraction of sp³-hybridized carbons (Fsp3) is 0.615. The summed E-state index contributed by atoms with van der Waals surface area (Å²) in [5.41, 5.74) is -1.23. The van der Waals surface area contributed by atoms with E-state index in [0.29, 0.717) is 12.4 Å². The van der Waals surface area contributed by atoms with Crippen LogP contribution in [0.25, 0.3) is 0 Å². The Labute approximate surface area is 113 Å². The molecule has 19 heavy (non-hydrogen) atoms. The predicted molar refractivity (Wildman–Crippen MR) is 74.0 cm³/mol. The fourth-order valence-electron chi connectivity index (χ4n) is 1.24. The molecule has 0 aliphatic heterocycles. The number of hydrogen-bond acceptors (Lipinski definition) is 5. The van der Waals surface area contributed by atoms with Gasteiger partial charge < -0.3 is 15.7 Å². The van der Waals surface area contributed by atoms with E-state index in [-0.39, 0.29) is 11.6 Å². The Morgan fingerprint density at radius 1 is 1.26 bits per heavy atom. The molecule has 0 saturated carbocycles. The van der Waals surface area contributed by atoms with Gasteiger partial charge in [-0.2, -0.15) is 0 Å². The second kappa shape index (κ2) is 5.52. The van der Waals surface area contributed by atoms with Crippen LogP contribution in [0.2, 0.25) is 0 Å². The fourth-order valence-corrected chi connectivity index (χ4v) is 1.24. The quantitative estimate of drug-likeness (QED) is 0.745. The molecule has 0 atom stereocenters. The van der Waals surface area contributed by atoms with Crippen molar-refractivity contribution in [2.24, 2.45) is 0 Å². The van der Waals surface area contributed by atoms with Crippen molar-refractivity contribution in [2.45, 2.75) is 45.8 Å². The Bertz CT molecular complexity index is 435. The average molecular weight is 266 g/mol. The summed E-state index contributed by atoms with van der Waals surface area (Å²) in [4.78, 5) is 11.5. The lowest BCUT2D eigenvalue weighted by molar-refractivity contribution is 0.0238. The molecule has 1 rings (SSSR count). The Balaban J connectivity index is 2.81. The number of nitrogens with zero attached hydrogens (tertiary/aromatic N) is 2. The molecule has 106 valence electrons. The van der Waals surface area contributed by atoms with Gasteiger partial charge in [0.1, 0.15) is 5.82 Å². The lowest BCUT2D eigenvalue weighted by atomic mass is 9.86. The van der Waals surface area contributed by atoms with Crippen LogP contribution >= 0.6 is 0 Å². The van der Waals surface area contributed by atoms with Crippen molar-refractivity contribution in [3.63, 3.8) is 0 Å². The standard InChI is InChI=1S/C13H22N4O2/c1-6-14-11(18)9-7-8-10(17-16-9)15-12(2,3)13(4,5)19/h7-8,19H,6H2,1-5H3,(H,14,18)(H,15,17). The summed E-state index contributed by atoms with van der Waals surface area (Å²) in [6, 6.07) is 3.27. The van der Waals surface area contributed by atoms with Gasteiger partial charge >= 0.3 is 0 Å². The highest BCUT2D eigenvalue weighted by Gasteiger charge is 2.35. The molecule has 0 fully saturated rings. The molecule has 0 aromatic carbocycles. The molecule has 6 nitrogen and oxygen atoms in total. The first-order chi connectivity index (χ1) is 8.67. The first-order valence-corrected chi connectivity index (χ1v) is 6.30. The third-order valence-corrected chi connectivity index (χ3v) is 3.20. The van der Waals surface area contributed by atoms with E-state index in [4.69, 9.17) is 0 Å². The summed E-state index contributed by atoms with van der Waals surface area (Å²) >= 11 is 0. The number of anilines is 1. The molecule has 0 bridgehead atoms. The summed E-state index contributed by atoms with van der Waals surface area (Å²) in [5, 5.41) is 23.6. The largest absolute Gasteiger partial charge is 0.388 e.